The third-order valence-corrected chi connectivity index (χ3v) is 3.49. The smallest absolute Gasteiger partial charge is 0.144 e. The van der Waals surface area contributed by atoms with Crippen LogP contribution >= 0.6 is 11.6 Å². The summed E-state index contributed by atoms with van der Waals surface area (Å²) in [5, 5.41) is 0.609. The number of nitrogens with two attached hydrogens (primary N) is 1. The predicted octanol–water partition coefficient (Wildman–Crippen LogP) is 4.10. The summed E-state index contributed by atoms with van der Waals surface area (Å²) in [4.78, 5) is 4.50. The van der Waals surface area contributed by atoms with Gasteiger partial charge in [0.25, 0.3) is 0 Å². The maximum absolute atomic E-state index is 14.0. The molecule has 0 atom stereocenters. The number of rotatable bonds is 2. The number of aromatic nitrogens is 2. The first-order valence-corrected chi connectivity index (χ1v) is 6.69. The van der Waals surface area contributed by atoms with E-state index in [2.05, 4.69) is 4.98 Å². The summed E-state index contributed by atoms with van der Waals surface area (Å²) in [6, 6.07) is 9.96. The van der Waals surface area contributed by atoms with Crippen molar-refractivity contribution in [3.8, 4) is 11.4 Å². The fourth-order valence-corrected chi connectivity index (χ4v) is 2.51. The highest BCUT2D eigenvalue weighted by molar-refractivity contribution is 6.31. The summed E-state index contributed by atoms with van der Waals surface area (Å²) in [7, 11) is 0. The Morgan fingerprint density at radius 3 is 2.80 bits per heavy atom. The Morgan fingerprint density at radius 1 is 1.25 bits per heavy atom. The number of hydrogen-bond acceptors (Lipinski definition) is 2. The second kappa shape index (κ2) is 4.80. The van der Waals surface area contributed by atoms with E-state index in [0.717, 1.165) is 11.0 Å². The normalized spacial score (nSPS) is 11.2. The number of imidazole rings is 1. The summed E-state index contributed by atoms with van der Waals surface area (Å²) in [6.45, 7) is 2.67. The zero-order valence-corrected chi connectivity index (χ0v) is 11.7. The molecule has 0 amide bonds. The van der Waals surface area contributed by atoms with E-state index in [1.807, 2.05) is 17.6 Å². The summed E-state index contributed by atoms with van der Waals surface area (Å²) in [5.41, 5.74) is 8.33. The first-order chi connectivity index (χ1) is 9.60. The van der Waals surface area contributed by atoms with Crippen molar-refractivity contribution in [3.63, 3.8) is 0 Å². The molecule has 0 aliphatic rings. The number of hydrogen-bond donors (Lipinski definition) is 1. The summed E-state index contributed by atoms with van der Waals surface area (Å²) < 4.78 is 16.0. The third-order valence-electron chi connectivity index (χ3n) is 3.26. The second-order valence-corrected chi connectivity index (χ2v) is 4.99. The van der Waals surface area contributed by atoms with E-state index < -0.39 is 0 Å². The van der Waals surface area contributed by atoms with Crippen LogP contribution in [0.3, 0.4) is 0 Å². The third kappa shape index (κ3) is 2.02. The number of fused-ring (bicyclic) bond motifs is 1. The maximum Gasteiger partial charge on any atom is 0.144 e. The molecule has 0 unspecified atom stereocenters. The van der Waals surface area contributed by atoms with Crippen LogP contribution in [0.15, 0.2) is 36.4 Å². The number of benzene rings is 2. The van der Waals surface area contributed by atoms with Gasteiger partial charge in [-0.15, -0.1) is 0 Å². The fraction of sp³-hybridized carbons (Fsp3) is 0.133. The van der Waals surface area contributed by atoms with Crippen LogP contribution in [0.25, 0.3) is 22.4 Å². The highest BCUT2D eigenvalue weighted by Crippen LogP contribution is 2.29. The zero-order chi connectivity index (χ0) is 14.3. The quantitative estimate of drug-likeness (QED) is 0.722. The van der Waals surface area contributed by atoms with Crippen LogP contribution in [-0.4, -0.2) is 9.55 Å². The molecule has 3 nitrogen and oxygen atoms in total. The standard InChI is InChI=1S/C15H13ClFN3/c1-2-20-14-6-3-9(16)7-13(14)19-15(20)11-8-10(18)4-5-12(11)17/h3-8H,2,18H2,1H3. The Hall–Kier alpha value is -2.07. The van der Waals surface area contributed by atoms with E-state index in [0.29, 0.717) is 28.6 Å². The van der Waals surface area contributed by atoms with Crippen LogP contribution in [0, 0.1) is 5.82 Å². The van der Waals surface area contributed by atoms with Gasteiger partial charge in [-0.25, -0.2) is 9.37 Å². The molecule has 0 spiro atoms. The molecule has 0 saturated heterocycles. The minimum atomic E-state index is -0.338. The van der Waals surface area contributed by atoms with E-state index in [9.17, 15) is 4.39 Å². The van der Waals surface area contributed by atoms with E-state index in [-0.39, 0.29) is 5.82 Å². The lowest BCUT2D eigenvalue weighted by Crippen LogP contribution is -2.00. The van der Waals surface area contributed by atoms with Crippen LogP contribution in [0.2, 0.25) is 5.02 Å². The van der Waals surface area contributed by atoms with Gasteiger partial charge in [0, 0.05) is 17.3 Å². The lowest BCUT2D eigenvalue weighted by atomic mass is 10.1. The van der Waals surface area contributed by atoms with Crippen molar-refractivity contribution in [2.75, 3.05) is 5.73 Å². The van der Waals surface area contributed by atoms with Crippen LogP contribution in [0.1, 0.15) is 6.92 Å². The minimum absolute atomic E-state index is 0.338. The van der Waals surface area contributed by atoms with Gasteiger partial charge in [0.2, 0.25) is 0 Å². The Kier molecular flexibility index (Phi) is 3.10. The van der Waals surface area contributed by atoms with Crippen LogP contribution in [-0.2, 0) is 6.54 Å². The molecule has 2 N–H and O–H groups in total. The van der Waals surface area contributed by atoms with Crippen molar-refractivity contribution >= 4 is 28.3 Å². The molecule has 0 saturated carbocycles. The molecule has 0 bridgehead atoms. The second-order valence-electron chi connectivity index (χ2n) is 4.55. The van der Waals surface area contributed by atoms with Gasteiger partial charge >= 0.3 is 0 Å². The Labute approximate surface area is 120 Å². The van der Waals surface area contributed by atoms with E-state index >= 15 is 0 Å². The number of anilines is 1. The Morgan fingerprint density at radius 2 is 2.05 bits per heavy atom. The molecule has 20 heavy (non-hydrogen) atoms. The predicted molar refractivity (Wildman–Crippen MR) is 80.2 cm³/mol. The minimum Gasteiger partial charge on any atom is -0.399 e. The molecular weight excluding hydrogens is 277 g/mol. The number of halogens is 2. The van der Waals surface area contributed by atoms with Gasteiger partial charge in [0.15, 0.2) is 0 Å². The molecule has 0 fully saturated rings. The van der Waals surface area contributed by atoms with Crippen molar-refractivity contribution in [2.45, 2.75) is 13.5 Å². The van der Waals surface area contributed by atoms with Gasteiger partial charge in [-0.2, -0.15) is 0 Å². The van der Waals surface area contributed by atoms with Crippen LogP contribution in [0.5, 0.6) is 0 Å². The van der Waals surface area contributed by atoms with Gasteiger partial charge in [-0.05, 0) is 43.3 Å². The van der Waals surface area contributed by atoms with Gasteiger partial charge in [-0.1, -0.05) is 11.6 Å². The first kappa shape index (κ1) is 12.9. The maximum atomic E-state index is 14.0. The molecular formula is C15H13ClFN3. The molecule has 0 aliphatic heterocycles. The van der Waals surface area contributed by atoms with E-state index in [4.69, 9.17) is 17.3 Å². The number of aryl methyl sites for hydroxylation is 1. The Bertz CT molecular complexity index is 795. The molecule has 2 aromatic carbocycles. The number of nitrogen functional groups attached to an aromatic ring is 1. The van der Waals surface area contributed by atoms with Crippen molar-refractivity contribution in [1.82, 2.24) is 9.55 Å². The topological polar surface area (TPSA) is 43.8 Å². The molecule has 102 valence electrons. The molecule has 0 radical (unpaired) electrons. The first-order valence-electron chi connectivity index (χ1n) is 6.31. The Balaban J connectivity index is 2.32. The number of nitrogens with zero attached hydrogens (tertiary/aromatic N) is 2. The van der Waals surface area contributed by atoms with Crippen molar-refractivity contribution < 1.29 is 4.39 Å². The fourth-order valence-electron chi connectivity index (χ4n) is 2.34. The molecule has 5 heteroatoms. The molecule has 3 rings (SSSR count). The monoisotopic (exact) mass is 289 g/mol. The van der Waals surface area contributed by atoms with Crippen molar-refractivity contribution in [2.24, 2.45) is 0 Å². The molecule has 3 aromatic rings. The van der Waals surface area contributed by atoms with Crippen molar-refractivity contribution in [3.05, 3.63) is 47.2 Å². The van der Waals surface area contributed by atoms with E-state index in [1.54, 1.807) is 18.2 Å². The SMILES string of the molecule is CCn1c(-c2cc(N)ccc2F)nc2cc(Cl)ccc21. The molecule has 1 heterocycles. The van der Waals surface area contributed by atoms with Gasteiger partial charge in [-0.3, -0.25) is 0 Å². The van der Waals surface area contributed by atoms with Gasteiger partial charge in [0.05, 0.1) is 16.6 Å². The summed E-state index contributed by atoms with van der Waals surface area (Å²) >= 11 is 5.98. The van der Waals surface area contributed by atoms with E-state index in [1.165, 1.54) is 12.1 Å². The largest absolute Gasteiger partial charge is 0.399 e. The average Bonchev–Trinajstić information content (AvgIpc) is 2.78. The van der Waals surface area contributed by atoms with Gasteiger partial charge < -0.3 is 10.3 Å². The highest BCUT2D eigenvalue weighted by atomic mass is 35.5. The van der Waals surface area contributed by atoms with Crippen LogP contribution < -0.4 is 5.73 Å². The highest BCUT2D eigenvalue weighted by Gasteiger charge is 2.15. The molecule has 1 aromatic heterocycles. The van der Waals surface area contributed by atoms with Crippen LogP contribution in [0.4, 0.5) is 10.1 Å². The average molecular weight is 290 g/mol. The zero-order valence-electron chi connectivity index (χ0n) is 10.9. The summed E-state index contributed by atoms with van der Waals surface area (Å²) in [6.07, 6.45) is 0. The molecule has 0 aliphatic carbocycles. The lowest BCUT2D eigenvalue weighted by molar-refractivity contribution is 0.628. The van der Waals surface area contributed by atoms with Gasteiger partial charge in [0.1, 0.15) is 11.6 Å². The van der Waals surface area contributed by atoms with Crippen molar-refractivity contribution in [1.29, 1.82) is 0 Å². The lowest BCUT2D eigenvalue weighted by Gasteiger charge is -2.07. The summed E-state index contributed by atoms with van der Waals surface area (Å²) in [5.74, 6) is 0.227.